The lowest BCUT2D eigenvalue weighted by molar-refractivity contribution is 0.151. The largest absolute Gasteiger partial charge is 0.372 e. The van der Waals surface area contributed by atoms with Gasteiger partial charge in [-0.1, -0.05) is 18.2 Å². The van der Waals surface area contributed by atoms with E-state index < -0.39 is 6.43 Å². The van der Waals surface area contributed by atoms with Gasteiger partial charge in [0.15, 0.2) is 5.82 Å². The van der Waals surface area contributed by atoms with Crippen LogP contribution in [0.4, 0.5) is 14.6 Å². The quantitative estimate of drug-likeness (QED) is 0.824. The Morgan fingerprint density at radius 2 is 2.00 bits per heavy atom. The fraction of sp³-hybridized carbons (Fsp3) is 0.231. The summed E-state index contributed by atoms with van der Waals surface area (Å²) in [4.78, 5) is 8.70. The predicted octanol–water partition coefficient (Wildman–Crippen LogP) is 4.04. The van der Waals surface area contributed by atoms with Gasteiger partial charge in [-0.25, -0.2) is 18.7 Å². The number of aryl methyl sites for hydroxylation is 1. The number of hydrogen-bond donors (Lipinski definition) is 1. The minimum absolute atomic E-state index is 0.0247. The summed E-state index contributed by atoms with van der Waals surface area (Å²) >= 11 is 2.15. The summed E-state index contributed by atoms with van der Waals surface area (Å²) < 4.78 is 26.3. The van der Waals surface area contributed by atoms with Gasteiger partial charge in [0.25, 0.3) is 6.43 Å². The Hall–Kier alpha value is -1.31. The molecule has 0 bridgehead atoms. The van der Waals surface area contributed by atoms with E-state index in [1.165, 1.54) is 12.1 Å². The van der Waals surface area contributed by atoms with Gasteiger partial charge in [-0.05, 0) is 35.6 Å². The number of anilines is 1. The highest BCUT2D eigenvalue weighted by atomic mass is 127. The van der Waals surface area contributed by atoms with Gasteiger partial charge < -0.3 is 5.32 Å². The molecule has 0 fully saturated rings. The van der Waals surface area contributed by atoms with Crippen molar-refractivity contribution in [1.29, 1.82) is 0 Å². The maximum Gasteiger partial charge on any atom is 0.263 e. The standard InChI is InChI=1S/C13H12F2IN3/c1-7-10(16)13(17-2)19-12(18-7)9-5-3-4-8(6-9)11(14)15/h3-6,11H,1-2H3,(H,17,18,19). The van der Waals surface area contributed by atoms with Gasteiger partial charge >= 0.3 is 0 Å². The van der Waals surface area contributed by atoms with E-state index in [1.807, 2.05) is 6.92 Å². The van der Waals surface area contributed by atoms with Gasteiger partial charge in [0.2, 0.25) is 0 Å². The summed E-state index contributed by atoms with van der Waals surface area (Å²) in [7, 11) is 1.77. The van der Waals surface area contributed by atoms with Crippen LogP contribution >= 0.6 is 22.6 Å². The van der Waals surface area contributed by atoms with Gasteiger partial charge in [0.05, 0.1) is 9.26 Å². The van der Waals surface area contributed by atoms with Crippen LogP contribution in [0.5, 0.6) is 0 Å². The molecule has 0 saturated carbocycles. The summed E-state index contributed by atoms with van der Waals surface area (Å²) in [5.74, 6) is 1.15. The van der Waals surface area contributed by atoms with E-state index in [9.17, 15) is 8.78 Å². The number of nitrogens with zero attached hydrogens (tertiary/aromatic N) is 2. The van der Waals surface area contributed by atoms with Gasteiger partial charge in [-0.15, -0.1) is 0 Å². The highest BCUT2D eigenvalue weighted by Crippen LogP contribution is 2.26. The second-order valence-electron chi connectivity index (χ2n) is 3.97. The monoisotopic (exact) mass is 375 g/mol. The zero-order chi connectivity index (χ0) is 14.0. The molecule has 3 nitrogen and oxygen atoms in total. The molecule has 1 aromatic heterocycles. The third-order valence-electron chi connectivity index (χ3n) is 2.65. The molecule has 100 valence electrons. The van der Waals surface area contributed by atoms with E-state index in [0.717, 1.165) is 9.26 Å². The van der Waals surface area contributed by atoms with Crippen molar-refractivity contribution >= 4 is 28.4 Å². The predicted molar refractivity (Wildman–Crippen MR) is 79.4 cm³/mol. The van der Waals surface area contributed by atoms with Crippen molar-refractivity contribution in [1.82, 2.24) is 9.97 Å². The van der Waals surface area contributed by atoms with Crippen molar-refractivity contribution in [3.8, 4) is 11.4 Å². The fourth-order valence-corrected chi connectivity index (χ4v) is 2.18. The second kappa shape index (κ2) is 5.77. The average molecular weight is 375 g/mol. The molecular formula is C13H12F2IN3. The average Bonchev–Trinajstić information content (AvgIpc) is 2.41. The van der Waals surface area contributed by atoms with Crippen molar-refractivity contribution < 1.29 is 8.78 Å². The first kappa shape index (κ1) is 14.1. The molecule has 1 heterocycles. The van der Waals surface area contributed by atoms with Crippen molar-refractivity contribution in [3.05, 3.63) is 39.1 Å². The van der Waals surface area contributed by atoms with Crippen LogP contribution in [-0.4, -0.2) is 17.0 Å². The van der Waals surface area contributed by atoms with Gasteiger partial charge in [0.1, 0.15) is 5.82 Å². The molecule has 0 aliphatic rings. The van der Waals surface area contributed by atoms with E-state index in [4.69, 9.17) is 0 Å². The molecule has 0 atom stereocenters. The Morgan fingerprint density at radius 3 is 2.63 bits per heavy atom. The Kier molecular flexibility index (Phi) is 4.28. The third kappa shape index (κ3) is 2.99. The Bertz CT molecular complexity index is 602. The summed E-state index contributed by atoms with van der Waals surface area (Å²) in [6.45, 7) is 1.87. The maximum absolute atomic E-state index is 12.7. The molecule has 0 radical (unpaired) electrons. The number of halogens is 3. The van der Waals surface area contributed by atoms with E-state index in [2.05, 4.69) is 37.9 Å². The van der Waals surface area contributed by atoms with Crippen LogP contribution in [0.25, 0.3) is 11.4 Å². The SMILES string of the molecule is CNc1nc(-c2cccc(C(F)F)c2)nc(C)c1I. The van der Waals surface area contributed by atoms with Crippen LogP contribution in [0, 0.1) is 10.5 Å². The van der Waals surface area contributed by atoms with Crippen LogP contribution in [-0.2, 0) is 0 Å². The molecular weight excluding hydrogens is 363 g/mol. The number of nitrogens with one attached hydrogen (secondary N) is 1. The summed E-state index contributed by atoms with van der Waals surface area (Å²) in [6.07, 6.45) is -2.49. The van der Waals surface area contributed by atoms with Crippen LogP contribution in [0.2, 0.25) is 0 Å². The van der Waals surface area contributed by atoms with Gasteiger partial charge in [0, 0.05) is 18.2 Å². The molecule has 19 heavy (non-hydrogen) atoms. The van der Waals surface area contributed by atoms with E-state index >= 15 is 0 Å². The van der Waals surface area contributed by atoms with E-state index in [1.54, 1.807) is 19.2 Å². The Labute approximate surface area is 123 Å². The fourth-order valence-electron chi connectivity index (χ4n) is 1.67. The van der Waals surface area contributed by atoms with Crippen LogP contribution in [0.3, 0.4) is 0 Å². The maximum atomic E-state index is 12.7. The number of aromatic nitrogens is 2. The topological polar surface area (TPSA) is 37.8 Å². The minimum Gasteiger partial charge on any atom is -0.372 e. The molecule has 0 aliphatic carbocycles. The number of alkyl halides is 2. The Balaban J connectivity index is 2.53. The van der Waals surface area contributed by atoms with Crippen molar-refractivity contribution in [2.24, 2.45) is 0 Å². The van der Waals surface area contributed by atoms with E-state index in [-0.39, 0.29) is 5.56 Å². The first-order valence-electron chi connectivity index (χ1n) is 5.63. The molecule has 1 aromatic carbocycles. The lowest BCUT2D eigenvalue weighted by Crippen LogP contribution is -2.03. The van der Waals surface area contributed by atoms with Crippen LogP contribution in [0.15, 0.2) is 24.3 Å². The molecule has 0 amide bonds. The molecule has 1 N–H and O–H groups in total. The smallest absolute Gasteiger partial charge is 0.263 e. The molecule has 2 rings (SSSR count). The zero-order valence-electron chi connectivity index (χ0n) is 10.4. The van der Waals surface area contributed by atoms with Crippen LogP contribution in [0.1, 0.15) is 17.7 Å². The molecule has 6 heteroatoms. The third-order valence-corrected chi connectivity index (χ3v) is 3.94. The molecule has 0 saturated heterocycles. The van der Waals surface area contributed by atoms with Crippen molar-refractivity contribution in [2.45, 2.75) is 13.3 Å². The Morgan fingerprint density at radius 1 is 1.26 bits per heavy atom. The highest BCUT2D eigenvalue weighted by Gasteiger charge is 2.12. The first-order valence-corrected chi connectivity index (χ1v) is 6.71. The summed E-state index contributed by atoms with van der Waals surface area (Å²) in [5.41, 5.74) is 1.38. The minimum atomic E-state index is -2.49. The zero-order valence-corrected chi connectivity index (χ0v) is 12.6. The second-order valence-corrected chi connectivity index (χ2v) is 5.05. The lowest BCUT2D eigenvalue weighted by Gasteiger charge is -2.09. The summed E-state index contributed by atoms with van der Waals surface area (Å²) in [5, 5.41) is 2.98. The summed E-state index contributed by atoms with van der Waals surface area (Å²) in [6, 6.07) is 6.14. The normalized spacial score (nSPS) is 10.8. The van der Waals surface area contributed by atoms with Crippen molar-refractivity contribution in [2.75, 3.05) is 12.4 Å². The van der Waals surface area contributed by atoms with Crippen molar-refractivity contribution in [3.63, 3.8) is 0 Å². The number of hydrogen-bond acceptors (Lipinski definition) is 3. The lowest BCUT2D eigenvalue weighted by atomic mass is 10.1. The number of benzene rings is 1. The number of rotatable bonds is 3. The molecule has 0 spiro atoms. The molecule has 2 aromatic rings. The van der Waals surface area contributed by atoms with Crippen LogP contribution < -0.4 is 5.32 Å². The first-order chi connectivity index (χ1) is 9.02. The van der Waals surface area contributed by atoms with E-state index in [0.29, 0.717) is 17.2 Å². The molecule has 0 unspecified atom stereocenters. The van der Waals surface area contributed by atoms with Gasteiger partial charge in [-0.3, -0.25) is 0 Å². The highest BCUT2D eigenvalue weighted by molar-refractivity contribution is 14.1. The van der Waals surface area contributed by atoms with Gasteiger partial charge in [-0.2, -0.15) is 0 Å². The molecule has 0 aliphatic heterocycles.